The molecule has 1 rings (SSSR count). The van der Waals surface area contributed by atoms with Crippen LogP contribution in [0.2, 0.25) is 0 Å². The van der Waals surface area contributed by atoms with E-state index >= 15 is 0 Å². The molecule has 1 unspecified atom stereocenters. The summed E-state index contributed by atoms with van der Waals surface area (Å²) in [6.07, 6.45) is 1.32. The zero-order valence-electron chi connectivity index (χ0n) is 7.66. The molecule has 0 saturated heterocycles. The van der Waals surface area contributed by atoms with Crippen molar-refractivity contribution in [1.29, 1.82) is 0 Å². The highest BCUT2D eigenvalue weighted by Gasteiger charge is 2.05. The summed E-state index contributed by atoms with van der Waals surface area (Å²) in [7, 11) is 1.58. The summed E-state index contributed by atoms with van der Waals surface area (Å²) >= 11 is 0. The summed E-state index contributed by atoms with van der Waals surface area (Å²) < 4.78 is 22.9. The number of methoxy groups -OCH3 is 1. The Morgan fingerprint density at radius 2 is 2.38 bits per heavy atom. The number of ether oxygens (including phenoxy) is 2. The van der Waals surface area contributed by atoms with Crippen LogP contribution in [0.4, 0.5) is 4.39 Å². The number of rotatable bonds is 4. The van der Waals surface area contributed by atoms with Crippen molar-refractivity contribution in [3.05, 3.63) is 24.3 Å². The van der Waals surface area contributed by atoms with Crippen LogP contribution >= 0.6 is 0 Å². The van der Waals surface area contributed by atoms with Gasteiger partial charge in [0.1, 0.15) is 6.61 Å². The summed E-state index contributed by atoms with van der Waals surface area (Å²) in [5, 5.41) is 0. The van der Waals surface area contributed by atoms with Crippen LogP contribution in [-0.2, 0) is 4.74 Å². The Kier molecular flexibility index (Phi) is 3.64. The van der Waals surface area contributed by atoms with E-state index in [1.54, 1.807) is 13.2 Å². The molecule has 72 valence electrons. The molecule has 0 bridgehead atoms. The van der Waals surface area contributed by atoms with Crippen LogP contribution in [0.5, 0.6) is 5.75 Å². The smallest absolute Gasteiger partial charge is 0.255 e. The maximum absolute atomic E-state index is 12.9. The van der Waals surface area contributed by atoms with E-state index in [0.717, 1.165) is 0 Å². The second kappa shape index (κ2) is 4.77. The summed E-state index contributed by atoms with van der Waals surface area (Å²) in [6, 6.07) is 3.15. The van der Waals surface area contributed by atoms with E-state index in [0.29, 0.717) is 6.61 Å². The fourth-order valence-electron chi connectivity index (χ4n) is 0.754. The predicted molar refractivity (Wildman–Crippen MR) is 46.2 cm³/mol. The highest BCUT2D eigenvalue weighted by Crippen LogP contribution is 2.12. The van der Waals surface area contributed by atoms with Gasteiger partial charge < -0.3 is 9.47 Å². The average molecular weight is 185 g/mol. The van der Waals surface area contributed by atoms with E-state index in [1.165, 1.54) is 12.3 Å². The molecule has 0 aliphatic rings. The Morgan fingerprint density at radius 3 is 3.00 bits per heavy atom. The first-order chi connectivity index (χ1) is 6.24. The van der Waals surface area contributed by atoms with Crippen molar-refractivity contribution in [3.63, 3.8) is 0 Å². The lowest BCUT2D eigenvalue weighted by molar-refractivity contribution is 0.0698. The minimum Gasteiger partial charge on any atom is -0.486 e. The van der Waals surface area contributed by atoms with E-state index in [4.69, 9.17) is 9.47 Å². The lowest BCUT2D eigenvalue weighted by atomic mass is 10.4. The summed E-state index contributed by atoms with van der Waals surface area (Å²) in [5.41, 5.74) is 0. The van der Waals surface area contributed by atoms with Crippen molar-refractivity contribution in [2.45, 2.75) is 13.0 Å². The number of nitrogens with zero attached hydrogens (tertiary/aromatic N) is 1. The molecule has 0 fully saturated rings. The molecule has 0 N–H and O–H groups in total. The van der Waals surface area contributed by atoms with Crippen LogP contribution in [0.3, 0.4) is 0 Å². The molecule has 0 spiro atoms. The van der Waals surface area contributed by atoms with E-state index in [2.05, 4.69) is 4.98 Å². The molecule has 1 atom stereocenters. The molecule has 4 heteroatoms. The fraction of sp³-hybridized carbons (Fsp3) is 0.444. The standard InChI is InChI=1S/C9H12FNO2/c1-7(12-2)6-13-8-4-3-5-11-9(8)10/h3-5,7H,6H2,1-2H3. The van der Waals surface area contributed by atoms with Gasteiger partial charge in [0.2, 0.25) is 0 Å². The van der Waals surface area contributed by atoms with E-state index in [9.17, 15) is 4.39 Å². The molecule has 1 aromatic rings. The zero-order chi connectivity index (χ0) is 9.68. The van der Waals surface area contributed by atoms with Gasteiger partial charge in [-0.05, 0) is 19.1 Å². The number of aromatic nitrogens is 1. The third kappa shape index (κ3) is 2.99. The normalized spacial score (nSPS) is 12.5. The highest BCUT2D eigenvalue weighted by molar-refractivity contribution is 5.17. The quantitative estimate of drug-likeness (QED) is 0.668. The third-order valence-corrected chi connectivity index (χ3v) is 1.60. The number of halogens is 1. The number of hydrogen-bond donors (Lipinski definition) is 0. The molecule has 0 saturated carbocycles. The molecular weight excluding hydrogens is 173 g/mol. The monoisotopic (exact) mass is 185 g/mol. The first kappa shape index (κ1) is 9.92. The molecule has 0 aliphatic heterocycles. The molecule has 0 radical (unpaired) electrons. The minimum absolute atomic E-state index is 0.0559. The zero-order valence-corrected chi connectivity index (χ0v) is 7.66. The van der Waals surface area contributed by atoms with Gasteiger partial charge in [0.15, 0.2) is 5.75 Å². The molecule has 0 aliphatic carbocycles. The lowest BCUT2D eigenvalue weighted by Gasteiger charge is -2.10. The van der Waals surface area contributed by atoms with Crippen LogP contribution in [0.1, 0.15) is 6.92 Å². The summed E-state index contributed by atoms with van der Waals surface area (Å²) in [5.74, 6) is -0.433. The van der Waals surface area contributed by atoms with E-state index in [1.807, 2.05) is 6.92 Å². The van der Waals surface area contributed by atoms with Gasteiger partial charge in [-0.1, -0.05) is 0 Å². The topological polar surface area (TPSA) is 31.4 Å². The Labute approximate surface area is 76.5 Å². The van der Waals surface area contributed by atoms with Crippen LogP contribution in [0.25, 0.3) is 0 Å². The van der Waals surface area contributed by atoms with Gasteiger partial charge in [0.05, 0.1) is 6.10 Å². The van der Waals surface area contributed by atoms with Gasteiger partial charge in [0.25, 0.3) is 5.95 Å². The highest BCUT2D eigenvalue weighted by atomic mass is 19.1. The lowest BCUT2D eigenvalue weighted by Crippen LogP contribution is -2.16. The van der Waals surface area contributed by atoms with Crippen molar-refractivity contribution in [3.8, 4) is 5.75 Å². The summed E-state index contributed by atoms with van der Waals surface area (Å²) in [4.78, 5) is 3.45. The molecular formula is C9H12FNO2. The second-order valence-electron chi connectivity index (χ2n) is 2.65. The maximum atomic E-state index is 12.9. The first-order valence-electron chi connectivity index (χ1n) is 4.00. The van der Waals surface area contributed by atoms with E-state index < -0.39 is 5.95 Å². The largest absolute Gasteiger partial charge is 0.486 e. The van der Waals surface area contributed by atoms with Crippen LogP contribution in [0, 0.1) is 5.95 Å². The third-order valence-electron chi connectivity index (χ3n) is 1.60. The average Bonchev–Trinajstić information content (AvgIpc) is 2.16. The maximum Gasteiger partial charge on any atom is 0.255 e. The van der Waals surface area contributed by atoms with Crippen molar-refractivity contribution >= 4 is 0 Å². The SMILES string of the molecule is COC(C)COc1cccnc1F. The van der Waals surface area contributed by atoms with Crippen molar-refractivity contribution in [2.75, 3.05) is 13.7 Å². The van der Waals surface area contributed by atoms with Gasteiger partial charge in [-0.25, -0.2) is 4.98 Å². The molecule has 3 nitrogen and oxygen atoms in total. The van der Waals surface area contributed by atoms with Gasteiger partial charge in [-0.15, -0.1) is 0 Å². The van der Waals surface area contributed by atoms with E-state index in [-0.39, 0.29) is 11.9 Å². The second-order valence-corrected chi connectivity index (χ2v) is 2.65. The van der Waals surface area contributed by atoms with Gasteiger partial charge in [-0.3, -0.25) is 0 Å². The molecule has 0 amide bonds. The molecule has 0 aromatic carbocycles. The van der Waals surface area contributed by atoms with Gasteiger partial charge in [0, 0.05) is 13.3 Å². The molecule has 1 heterocycles. The van der Waals surface area contributed by atoms with Crippen molar-refractivity contribution in [1.82, 2.24) is 4.98 Å². The minimum atomic E-state index is -0.592. The first-order valence-corrected chi connectivity index (χ1v) is 4.00. The predicted octanol–water partition coefficient (Wildman–Crippen LogP) is 1.63. The van der Waals surface area contributed by atoms with Crippen LogP contribution < -0.4 is 4.74 Å². The van der Waals surface area contributed by atoms with Crippen molar-refractivity contribution < 1.29 is 13.9 Å². The molecule has 1 aromatic heterocycles. The van der Waals surface area contributed by atoms with Crippen LogP contribution in [0.15, 0.2) is 18.3 Å². The Balaban J connectivity index is 2.50. The molecule has 13 heavy (non-hydrogen) atoms. The summed E-state index contributed by atoms with van der Waals surface area (Å²) in [6.45, 7) is 2.16. The van der Waals surface area contributed by atoms with Crippen LogP contribution in [-0.4, -0.2) is 24.8 Å². The van der Waals surface area contributed by atoms with Gasteiger partial charge in [-0.2, -0.15) is 4.39 Å². The number of pyridine rings is 1. The fourth-order valence-corrected chi connectivity index (χ4v) is 0.754. The number of hydrogen-bond acceptors (Lipinski definition) is 3. The van der Waals surface area contributed by atoms with Gasteiger partial charge >= 0.3 is 0 Å². The van der Waals surface area contributed by atoms with Crippen molar-refractivity contribution in [2.24, 2.45) is 0 Å². The Morgan fingerprint density at radius 1 is 1.62 bits per heavy atom. The Bertz CT molecular complexity index is 268. The Hall–Kier alpha value is -1.16.